The largest absolute Gasteiger partial charge is 0.468 e. The van der Waals surface area contributed by atoms with E-state index in [1.807, 2.05) is 65.6 Å². The van der Waals surface area contributed by atoms with Gasteiger partial charge in [-0.25, -0.2) is 0 Å². The quantitative estimate of drug-likeness (QED) is 0.0576. The second-order valence-electron chi connectivity index (χ2n) is 31.3. The third kappa shape index (κ3) is 11.7. The van der Waals surface area contributed by atoms with Gasteiger partial charge in [0.05, 0.1) is 48.8 Å². The summed E-state index contributed by atoms with van der Waals surface area (Å²) in [5.74, 6) is 2.14. The summed E-state index contributed by atoms with van der Waals surface area (Å²) in [5.41, 5.74) is 0.474. The molecule has 0 N–H and O–H groups in total. The second kappa shape index (κ2) is 25.8. The number of fused-ring (bicyclic) bond motifs is 5. The maximum absolute atomic E-state index is 15.3. The number of methoxy groups -OCH3 is 2. The number of hydrogen-bond donors (Lipinski definition) is 0. The van der Waals surface area contributed by atoms with E-state index in [2.05, 4.69) is 67.2 Å². The fourth-order valence-corrected chi connectivity index (χ4v) is 21.0. The van der Waals surface area contributed by atoms with Crippen molar-refractivity contribution in [3.05, 3.63) is 0 Å². The highest BCUT2D eigenvalue weighted by Crippen LogP contribution is 2.78. The van der Waals surface area contributed by atoms with Gasteiger partial charge in [-0.1, -0.05) is 110 Å². The highest BCUT2D eigenvalue weighted by Gasteiger charge is 2.75. The summed E-state index contributed by atoms with van der Waals surface area (Å²) in [5, 5.41) is 0. The smallest absolute Gasteiger partial charge is 0.293 e. The van der Waals surface area contributed by atoms with E-state index in [1.54, 1.807) is 19.1 Å². The fourth-order valence-electron chi connectivity index (χ4n) is 21.0. The van der Waals surface area contributed by atoms with Crippen molar-refractivity contribution in [3.8, 4) is 0 Å². The van der Waals surface area contributed by atoms with Crippen molar-refractivity contribution in [2.45, 2.75) is 255 Å². The average Bonchev–Trinajstić information content (AvgIpc) is 1.70. The third-order valence-corrected chi connectivity index (χ3v) is 25.8. The standard InChI is InChI=1S/C69H118N4O9/c1-20-45(6)59(71(17)62(78)48(43(2)3)39-52(76)58(44(4)5)70(15)16)53(80-18)40-56(77)72-38-24-25-50(72)60(81-19)46(7)51(75)26-22-21-23-37-73-61-57-49-27-28-55-66(12)31-29-47(41-82-42-74)65(10,11)54(66)30-32-68(55,14)67(49,13)34-36-69(57,63(73)79)35-33-64(61,8)9/h42-50,53-55,57-61H,20-41H2,1-19H3/t45-,46-,47+,48-,49?,50?,53+,54?,55?,57?,58-,59-,60+,61?,66-,67+,68+,69-/m0/s1. The molecule has 2 heterocycles. The molecule has 82 heavy (non-hydrogen) atoms. The van der Waals surface area contributed by atoms with Crippen LogP contribution >= 0.6 is 0 Å². The molecule has 468 valence electrons. The van der Waals surface area contributed by atoms with Crippen molar-refractivity contribution in [1.29, 1.82) is 0 Å². The molecular formula is C69H118N4O9. The van der Waals surface area contributed by atoms with Crippen molar-refractivity contribution < 1.29 is 43.0 Å². The van der Waals surface area contributed by atoms with Crippen LogP contribution < -0.4 is 0 Å². The van der Waals surface area contributed by atoms with E-state index in [0.29, 0.717) is 61.5 Å². The number of amides is 3. The highest BCUT2D eigenvalue weighted by atomic mass is 16.5. The minimum atomic E-state index is -0.578. The van der Waals surface area contributed by atoms with Crippen LogP contribution in [0.15, 0.2) is 0 Å². The molecule has 5 aliphatic carbocycles. The molecule has 0 aromatic heterocycles. The number of nitrogens with zero attached hydrogens (tertiary/aromatic N) is 4. The van der Waals surface area contributed by atoms with Crippen LogP contribution in [0, 0.1) is 91.7 Å². The molecule has 6 unspecified atom stereocenters. The summed E-state index contributed by atoms with van der Waals surface area (Å²) in [6.07, 6.45) is 15.9. The molecule has 7 fully saturated rings. The van der Waals surface area contributed by atoms with E-state index in [4.69, 9.17) is 14.2 Å². The van der Waals surface area contributed by atoms with E-state index in [1.165, 1.54) is 32.1 Å². The summed E-state index contributed by atoms with van der Waals surface area (Å²) < 4.78 is 17.8. The fraction of sp³-hybridized carbons (Fsp3) is 0.913. The van der Waals surface area contributed by atoms with Crippen LogP contribution in [-0.4, -0.2) is 147 Å². The number of carbonyl (C=O) groups excluding carboxylic acids is 6. The number of ether oxygens (including phenoxy) is 3. The van der Waals surface area contributed by atoms with Gasteiger partial charge in [-0.2, -0.15) is 0 Å². The van der Waals surface area contributed by atoms with Gasteiger partial charge in [0.15, 0.2) is 5.78 Å². The zero-order valence-electron chi connectivity index (χ0n) is 55.3. The Kier molecular flexibility index (Phi) is 21.0. The van der Waals surface area contributed by atoms with Crippen LogP contribution in [0.5, 0.6) is 0 Å². The predicted octanol–water partition coefficient (Wildman–Crippen LogP) is 12.3. The van der Waals surface area contributed by atoms with Crippen molar-refractivity contribution in [3.63, 3.8) is 0 Å². The Balaban J connectivity index is 0.965. The van der Waals surface area contributed by atoms with Gasteiger partial charge in [-0.15, -0.1) is 0 Å². The van der Waals surface area contributed by atoms with E-state index >= 15 is 4.79 Å². The lowest BCUT2D eigenvalue weighted by Crippen LogP contribution is -2.67. The molecule has 5 saturated carbocycles. The van der Waals surface area contributed by atoms with Crippen molar-refractivity contribution in [2.24, 2.45) is 91.7 Å². The molecule has 0 aromatic rings. The normalized spacial score (nSPS) is 35.4. The Morgan fingerprint density at radius 1 is 0.744 bits per heavy atom. The molecule has 0 radical (unpaired) electrons. The lowest BCUT2D eigenvalue weighted by molar-refractivity contribution is -0.247. The minimum Gasteiger partial charge on any atom is -0.468 e. The number of ketones is 2. The van der Waals surface area contributed by atoms with Gasteiger partial charge < -0.3 is 28.9 Å². The maximum atomic E-state index is 15.3. The van der Waals surface area contributed by atoms with Crippen molar-refractivity contribution in [2.75, 3.05) is 55.1 Å². The highest BCUT2D eigenvalue weighted by molar-refractivity contribution is 5.90. The number of Topliss-reactive ketones (excluding diaryl/α,β-unsaturated/α-hetero) is 2. The van der Waals surface area contributed by atoms with Crippen LogP contribution in [0.4, 0.5) is 0 Å². The second-order valence-corrected chi connectivity index (χ2v) is 31.3. The summed E-state index contributed by atoms with van der Waals surface area (Å²) in [7, 11) is 8.92. The van der Waals surface area contributed by atoms with E-state index in [0.717, 1.165) is 77.2 Å². The van der Waals surface area contributed by atoms with Crippen molar-refractivity contribution in [1.82, 2.24) is 19.6 Å². The SMILES string of the molecule is CC[C@H](C)[C@@H]([C@@H](CC(=O)N1CCCC1[C@H](OC)[C@@H](C)C(=O)CCCCCN1C(=O)[C@]23CCC(C)(C)C1C2C1CCC2[C@@]4(C)CC[C@H](COC=O)C(C)(C)C4CC[C@@]2(C)[C@]1(C)CC3)OC)N(C)C(=O)[C@@H](CC(=O)[C@H](C(C)C)N(C)C)C(C)C. The summed E-state index contributed by atoms with van der Waals surface area (Å²) >= 11 is 0. The summed E-state index contributed by atoms with van der Waals surface area (Å²) in [4.78, 5) is 91.6. The molecule has 18 atom stereocenters. The first-order chi connectivity index (χ1) is 38.4. The van der Waals surface area contributed by atoms with Gasteiger partial charge >= 0.3 is 0 Å². The Bertz CT molecular complexity index is 2260. The topological polar surface area (TPSA) is 143 Å². The Labute approximate surface area is 498 Å². The third-order valence-electron chi connectivity index (χ3n) is 25.8. The number of likely N-dealkylation sites (tertiary alicyclic amines) is 2. The van der Waals surface area contributed by atoms with Crippen LogP contribution in [-0.2, 0) is 43.0 Å². The maximum Gasteiger partial charge on any atom is 0.293 e. The molecule has 2 aliphatic heterocycles. The Hall–Kier alpha value is -2.90. The van der Waals surface area contributed by atoms with Crippen LogP contribution in [0.25, 0.3) is 0 Å². The van der Waals surface area contributed by atoms with Crippen LogP contribution in [0.1, 0.15) is 219 Å². The number of rotatable bonds is 27. The molecule has 0 spiro atoms. The first-order valence-corrected chi connectivity index (χ1v) is 33.1. The predicted molar refractivity (Wildman–Crippen MR) is 325 cm³/mol. The van der Waals surface area contributed by atoms with Gasteiger partial charge in [0.1, 0.15) is 5.78 Å². The van der Waals surface area contributed by atoms with Gasteiger partial charge in [0, 0.05) is 65.1 Å². The number of carbonyl (C=O) groups is 6. The monoisotopic (exact) mass is 1150 g/mol. The molecule has 7 rings (SSSR count). The molecule has 7 aliphatic rings. The summed E-state index contributed by atoms with van der Waals surface area (Å²) in [6, 6.07) is -0.711. The van der Waals surface area contributed by atoms with Gasteiger partial charge in [-0.3, -0.25) is 33.7 Å². The molecule has 3 amide bonds. The minimum absolute atomic E-state index is 0.0162. The number of unbranched alkanes of at least 4 members (excludes halogenated alkanes) is 2. The van der Waals surface area contributed by atoms with Crippen LogP contribution in [0.3, 0.4) is 0 Å². The molecule has 2 bridgehead atoms. The van der Waals surface area contributed by atoms with E-state index in [-0.39, 0.29) is 105 Å². The Morgan fingerprint density at radius 2 is 1.43 bits per heavy atom. The molecular weight excluding hydrogens is 1030 g/mol. The molecule has 13 heteroatoms. The molecule has 13 nitrogen and oxygen atoms in total. The first kappa shape index (κ1) is 66.6. The van der Waals surface area contributed by atoms with E-state index < -0.39 is 30.1 Å². The lowest BCUT2D eigenvalue weighted by Gasteiger charge is -2.73. The Morgan fingerprint density at radius 3 is 2.04 bits per heavy atom. The van der Waals surface area contributed by atoms with Gasteiger partial charge in [-0.05, 0) is 178 Å². The summed E-state index contributed by atoms with van der Waals surface area (Å²) in [6.45, 7) is 34.5. The van der Waals surface area contributed by atoms with Gasteiger partial charge in [0.25, 0.3) is 6.47 Å². The molecule has 2 saturated heterocycles. The first-order valence-electron chi connectivity index (χ1n) is 33.1. The molecule has 0 aromatic carbocycles. The number of likely N-dealkylation sites (N-methyl/N-ethyl adjacent to an activating group) is 2. The van der Waals surface area contributed by atoms with E-state index in [9.17, 15) is 24.0 Å². The van der Waals surface area contributed by atoms with Crippen molar-refractivity contribution >= 4 is 35.8 Å². The van der Waals surface area contributed by atoms with Gasteiger partial charge in [0.2, 0.25) is 17.7 Å². The average molecular weight is 1150 g/mol. The zero-order chi connectivity index (χ0) is 60.8. The number of hydrogen-bond acceptors (Lipinski definition) is 10. The zero-order valence-corrected chi connectivity index (χ0v) is 55.3. The lowest BCUT2D eigenvalue weighted by atomic mass is 9.31. The van der Waals surface area contributed by atoms with Crippen LogP contribution in [0.2, 0.25) is 0 Å².